The molecule has 0 aliphatic heterocycles. The summed E-state index contributed by atoms with van der Waals surface area (Å²) in [6, 6.07) is 0. The molecule has 0 aromatic heterocycles. The maximum atomic E-state index is 6.18. The molecule has 1 aliphatic rings. The summed E-state index contributed by atoms with van der Waals surface area (Å²) < 4.78 is 12.0. The summed E-state index contributed by atoms with van der Waals surface area (Å²) in [4.78, 5) is 0. The van der Waals surface area contributed by atoms with E-state index in [1.165, 1.54) is 12.8 Å². The second kappa shape index (κ2) is 7.09. The topological polar surface area (TPSA) is 18.5 Å². The average Bonchev–Trinajstić information content (AvgIpc) is 2.65. The van der Waals surface area contributed by atoms with Gasteiger partial charge in [-0.3, -0.25) is 0 Å². The first kappa shape index (κ1) is 17.7. The van der Waals surface area contributed by atoms with E-state index in [1.54, 1.807) is 0 Å². The van der Waals surface area contributed by atoms with E-state index in [0.717, 1.165) is 25.6 Å². The van der Waals surface area contributed by atoms with Crippen molar-refractivity contribution < 1.29 is 9.47 Å². The van der Waals surface area contributed by atoms with Gasteiger partial charge < -0.3 is 9.47 Å². The van der Waals surface area contributed by atoms with Gasteiger partial charge in [0.2, 0.25) is 0 Å². The Labute approximate surface area is 125 Å². The average molecular weight is 282 g/mol. The smallest absolute Gasteiger partial charge is 0.0648 e. The van der Waals surface area contributed by atoms with Crippen molar-refractivity contribution in [1.82, 2.24) is 0 Å². The highest BCUT2D eigenvalue weighted by Gasteiger charge is 2.31. The molecular formula is C18H34O2. The molecule has 0 radical (unpaired) electrons. The van der Waals surface area contributed by atoms with E-state index in [2.05, 4.69) is 54.2 Å². The summed E-state index contributed by atoms with van der Waals surface area (Å²) in [7, 11) is 0. The lowest BCUT2D eigenvalue weighted by atomic mass is 9.98. The van der Waals surface area contributed by atoms with Gasteiger partial charge in [0.1, 0.15) is 0 Å². The van der Waals surface area contributed by atoms with Gasteiger partial charge in [-0.05, 0) is 71.6 Å². The Morgan fingerprint density at radius 1 is 1.10 bits per heavy atom. The molecule has 118 valence electrons. The molecule has 2 nitrogen and oxygen atoms in total. The summed E-state index contributed by atoms with van der Waals surface area (Å²) in [5.74, 6) is 2.12. The summed E-state index contributed by atoms with van der Waals surface area (Å²) in [6.45, 7) is 18.5. The standard InChI is InChI=1S/C18H34O2/c1-8-15-11-14(2)16(12-15)13-20-18(6,7)9-10-19-17(3,4)5/h8,14-16H,1,9-13H2,2-7H3. The van der Waals surface area contributed by atoms with Crippen LogP contribution in [0.5, 0.6) is 0 Å². The largest absolute Gasteiger partial charge is 0.376 e. The molecular weight excluding hydrogens is 248 g/mol. The zero-order valence-electron chi connectivity index (χ0n) is 14.4. The van der Waals surface area contributed by atoms with Gasteiger partial charge in [0.15, 0.2) is 0 Å². The van der Waals surface area contributed by atoms with Gasteiger partial charge in [-0.25, -0.2) is 0 Å². The van der Waals surface area contributed by atoms with E-state index in [9.17, 15) is 0 Å². The minimum absolute atomic E-state index is 0.0623. The number of hydrogen-bond acceptors (Lipinski definition) is 2. The van der Waals surface area contributed by atoms with Crippen LogP contribution in [0.3, 0.4) is 0 Å². The fraction of sp³-hybridized carbons (Fsp3) is 0.889. The van der Waals surface area contributed by atoms with E-state index < -0.39 is 0 Å². The van der Waals surface area contributed by atoms with E-state index in [4.69, 9.17) is 9.47 Å². The fourth-order valence-corrected chi connectivity index (χ4v) is 2.82. The van der Waals surface area contributed by atoms with Crippen LogP contribution in [0.25, 0.3) is 0 Å². The predicted octanol–water partition coefficient (Wildman–Crippen LogP) is 4.84. The molecule has 1 aliphatic carbocycles. The maximum absolute atomic E-state index is 6.18. The first-order chi connectivity index (χ1) is 9.13. The maximum Gasteiger partial charge on any atom is 0.0648 e. The first-order valence-corrected chi connectivity index (χ1v) is 8.03. The van der Waals surface area contributed by atoms with Crippen LogP contribution in [0.2, 0.25) is 0 Å². The molecule has 0 N–H and O–H groups in total. The first-order valence-electron chi connectivity index (χ1n) is 8.03. The quantitative estimate of drug-likeness (QED) is 0.622. The molecule has 0 aromatic carbocycles. The zero-order valence-corrected chi connectivity index (χ0v) is 14.4. The minimum Gasteiger partial charge on any atom is -0.376 e. The van der Waals surface area contributed by atoms with Crippen molar-refractivity contribution in [2.24, 2.45) is 17.8 Å². The third kappa shape index (κ3) is 6.41. The van der Waals surface area contributed by atoms with Crippen molar-refractivity contribution in [3.63, 3.8) is 0 Å². The van der Waals surface area contributed by atoms with Crippen molar-refractivity contribution in [3.8, 4) is 0 Å². The number of rotatable bonds is 7. The van der Waals surface area contributed by atoms with Crippen molar-refractivity contribution in [2.75, 3.05) is 13.2 Å². The molecule has 3 unspecified atom stereocenters. The summed E-state index contributed by atoms with van der Waals surface area (Å²) in [5.41, 5.74) is -0.162. The highest BCUT2D eigenvalue weighted by atomic mass is 16.5. The molecule has 3 atom stereocenters. The van der Waals surface area contributed by atoms with Gasteiger partial charge >= 0.3 is 0 Å². The zero-order chi connectivity index (χ0) is 15.4. The van der Waals surface area contributed by atoms with Gasteiger partial charge in [0, 0.05) is 6.61 Å². The minimum atomic E-state index is -0.1000. The van der Waals surface area contributed by atoms with Crippen LogP contribution in [-0.4, -0.2) is 24.4 Å². The fourth-order valence-electron chi connectivity index (χ4n) is 2.82. The summed E-state index contributed by atoms with van der Waals surface area (Å²) >= 11 is 0. The lowest BCUT2D eigenvalue weighted by Gasteiger charge is -2.29. The van der Waals surface area contributed by atoms with Crippen LogP contribution >= 0.6 is 0 Å². The van der Waals surface area contributed by atoms with Crippen LogP contribution in [0, 0.1) is 17.8 Å². The van der Waals surface area contributed by atoms with Crippen molar-refractivity contribution in [2.45, 2.75) is 72.0 Å². The molecule has 20 heavy (non-hydrogen) atoms. The number of hydrogen-bond donors (Lipinski definition) is 0. The monoisotopic (exact) mass is 282 g/mol. The van der Waals surface area contributed by atoms with Crippen LogP contribution in [0.1, 0.15) is 60.8 Å². The SMILES string of the molecule is C=CC1CC(C)C(COC(C)(C)CCOC(C)(C)C)C1. The van der Waals surface area contributed by atoms with Gasteiger partial charge in [0.25, 0.3) is 0 Å². The Morgan fingerprint density at radius 3 is 2.25 bits per heavy atom. The molecule has 0 amide bonds. The van der Waals surface area contributed by atoms with Crippen LogP contribution in [-0.2, 0) is 9.47 Å². The molecule has 1 fully saturated rings. The van der Waals surface area contributed by atoms with Crippen molar-refractivity contribution in [3.05, 3.63) is 12.7 Å². The highest BCUT2D eigenvalue weighted by Crippen LogP contribution is 2.37. The number of ether oxygens (including phenoxy) is 2. The third-order valence-corrected chi connectivity index (χ3v) is 4.35. The molecule has 0 bridgehead atoms. The number of allylic oxidation sites excluding steroid dienone is 1. The van der Waals surface area contributed by atoms with Crippen LogP contribution < -0.4 is 0 Å². The predicted molar refractivity (Wildman–Crippen MR) is 85.9 cm³/mol. The third-order valence-electron chi connectivity index (χ3n) is 4.35. The molecule has 1 rings (SSSR count). The van der Waals surface area contributed by atoms with Crippen LogP contribution in [0.4, 0.5) is 0 Å². The highest BCUT2D eigenvalue weighted by molar-refractivity contribution is 4.90. The Morgan fingerprint density at radius 2 is 1.75 bits per heavy atom. The normalized spacial score (nSPS) is 27.8. The lowest BCUT2D eigenvalue weighted by Crippen LogP contribution is -2.31. The van der Waals surface area contributed by atoms with Gasteiger partial charge in [-0.2, -0.15) is 0 Å². The molecule has 2 heteroatoms. The molecule has 0 saturated heterocycles. The Balaban J connectivity index is 2.30. The Hall–Kier alpha value is -0.340. The molecule has 0 spiro atoms. The molecule has 0 heterocycles. The Kier molecular flexibility index (Phi) is 6.27. The van der Waals surface area contributed by atoms with E-state index in [1.807, 2.05) is 0 Å². The lowest BCUT2D eigenvalue weighted by molar-refractivity contribution is -0.0776. The second-order valence-corrected chi connectivity index (χ2v) is 7.99. The summed E-state index contributed by atoms with van der Waals surface area (Å²) in [6.07, 6.45) is 5.55. The van der Waals surface area contributed by atoms with Gasteiger partial charge in [-0.15, -0.1) is 6.58 Å². The van der Waals surface area contributed by atoms with E-state index in [0.29, 0.717) is 11.8 Å². The molecule has 1 saturated carbocycles. The van der Waals surface area contributed by atoms with E-state index >= 15 is 0 Å². The van der Waals surface area contributed by atoms with Gasteiger partial charge in [0.05, 0.1) is 17.8 Å². The Bertz CT molecular complexity index is 301. The van der Waals surface area contributed by atoms with Crippen LogP contribution in [0.15, 0.2) is 12.7 Å². The van der Waals surface area contributed by atoms with Gasteiger partial charge in [-0.1, -0.05) is 13.0 Å². The van der Waals surface area contributed by atoms with Crippen molar-refractivity contribution >= 4 is 0 Å². The van der Waals surface area contributed by atoms with E-state index in [-0.39, 0.29) is 11.2 Å². The van der Waals surface area contributed by atoms with Crippen molar-refractivity contribution in [1.29, 1.82) is 0 Å². The summed E-state index contributed by atoms with van der Waals surface area (Å²) in [5, 5.41) is 0. The molecule has 0 aromatic rings. The second-order valence-electron chi connectivity index (χ2n) is 7.99.